The smallest absolute Gasteiger partial charge is 0.259 e. The molecule has 0 saturated carbocycles. The second-order valence-electron chi connectivity index (χ2n) is 5.59. The molecule has 0 heterocycles. The van der Waals surface area contributed by atoms with E-state index in [1.165, 1.54) is 0 Å². The predicted octanol–water partition coefficient (Wildman–Crippen LogP) is 3.37. The van der Waals surface area contributed by atoms with E-state index < -0.39 is 5.91 Å². The summed E-state index contributed by atoms with van der Waals surface area (Å²) < 4.78 is 0. The van der Waals surface area contributed by atoms with E-state index in [-0.39, 0.29) is 12.5 Å². The Morgan fingerprint density at radius 3 is 2.46 bits per heavy atom. The normalized spacial score (nSPS) is 10.8. The van der Waals surface area contributed by atoms with Crippen molar-refractivity contribution >= 4 is 40.4 Å². The van der Waals surface area contributed by atoms with E-state index in [4.69, 9.17) is 11.6 Å². The monoisotopic (exact) mass is 365 g/mol. The van der Waals surface area contributed by atoms with Crippen molar-refractivity contribution in [3.05, 3.63) is 82.9 Å². The van der Waals surface area contributed by atoms with Gasteiger partial charge in [-0.15, -0.1) is 0 Å². The Morgan fingerprint density at radius 2 is 1.69 bits per heavy atom. The molecule has 0 bridgehead atoms. The van der Waals surface area contributed by atoms with Gasteiger partial charge in [0.15, 0.2) is 0 Å². The first-order valence-corrected chi connectivity index (χ1v) is 8.34. The number of hydrogen-bond acceptors (Lipinski definition) is 3. The van der Waals surface area contributed by atoms with Gasteiger partial charge in [-0.2, -0.15) is 5.10 Å². The summed E-state index contributed by atoms with van der Waals surface area (Å²) >= 11 is 5.77. The Balaban J connectivity index is 1.50. The van der Waals surface area contributed by atoms with Crippen LogP contribution in [0.5, 0.6) is 0 Å². The number of benzene rings is 3. The molecule has 0 atom stereocenters. The molecule has 0 fully saturated rings. The first-order valence-electron chi connectivity index (χ1n) is 7.96. The quantitative estimate of drug-likeness (QED) is 0.537. The summed E-state index contributed by atoms with van der Waals surface area (Å²) in [6.45, 7) is -0.170. The third-order valence-electron chi connectivity index (χ3n) is 3.69. The van der Waals surface area contributed by atoms with Gasteiger partial charge in [-0.3, -0.25) is 9.59 Å². The molecule has 0 aromatic heterocycles. The van der Waals surface area contributed by atoms with Gasteiger partial charge in [0.05, 0.1) is 12.8 Å². The summed E-state index contributed by atoms with van der Waals surface area (Å²) in [6, 6.07) is 20.3. The first kappa shape index (κ1) is 17.6. The third-order valence-corrected chi connectivity index (χ3v) is 3.94. The van der Waals surface area contributed by atoms with Crippen molar-refractivity contribution in [2.75, 3.05) is 6.54 Å². The predicted molar refractivity (Wildman–Crippen MR) is 103 cm³/mol. The largest absolute Gasteiger partial charge is 0.343 e. The standard InChI is InChI=1S/C20H16ClN3O2/c21-18-9-7-16(8-10-18)20(26)22-13-19(25)24-23-12-14-5-6-15-3-1-2-4-17(15)11-14/h1-12H,13H2,(H,22,26)(H,24,25)/b23-12-. The number of nitrogens with zero attached hydrogens (tertiary/aromatic N) is 1. The summed E-state index contributed by atoms with van der Waals surface area (Å²) in [6.07, 6.45) is 1.56. The van der Waals surface area contributed by atoms with Gasteiger partial charge < -0.3 is 5.32 Å². The van der Waals surface area contributed by atoms with Gasteiger partial charge in [0.1, 0.15) is 0 Å². The minimum Gasteiger partial charge on any atom is -0.343 e. The topological polar surface area (TPSA) is 70.6 Å². The molecule has 0 spiro atoms. The van der Waals surface area contributed by atoms with Crippen molar-refractivity contribution in [2.24, 2.45) is 5.10 Å². The lowest BCUT2D eigenvalue weighted by Crippen LogP contribution is -2.34. The van der Waals surface area contributed by atoms with Crippen LogP contribution in [0.4, 0.5) is 0 Å². The van der Waals surface area contributed by atoms with E-state index in [0.29, 0.717) is 10.6 Å². The van der Waals surface area contributed by atoms with Crippen molar-refractivity contribution in [3.8, 4) is 0 Å². The first-order chi connectivity index (χ1) is 12.6. The Morgan fingerprint density at radius 1 is 0.962 bits per heavy atom. The minimum atomic E-state index is -0.413. The van der Waals surface area contributed by atoms with Crippen molar-refractivity contribution in [3.63, 3.8) is 0 Å². The van der Waals surface area contributed by atoms with Crippen molar-refractivity contribution in [1.82, 2.24) is 10.7 Å². The second-order valence-corrected chi connectivity index (χ2v) is 6.03. The number of amides is 2. The van der Waals surface area contributed by atoms with Gasteiger partial charge in [0, 0.05) is 10.6 Å². The number of rotatable bonds is 5. The maximum Gasteiger partial charge on any atom is 0.259 e. The number of nitrogens with one attached hydrogen (secondary N) is 2. The Labute approximate surface area is 155 Å². The van der Waals surface area contributed by atoms with Gasteiger partial charge in [-0.1, -0.05) is 48.0 Å². The molecule has 6 heteroatoms. The minimum absolute atomic E-state index is 0.170. The zero-order valence-corrected chi connectivity index (χ0v) is 14.5. The van der Waals surface area contributed by atoms with E-state index in [9.17, 15) is 9.59 Å². The van der Waals surface area contributed by atoms with Crippen molar-refractivity contribution < 1.29 is 9.59 Å². The average molecular weight is 366 g/mol. The number of hydrazone groups is 1. The summed E-state index contributed by atoms with van der Waals surface area (Å²) in [5.74, 6) is -0.764. The SMILES string of the molecule is O=C(CNC(=O)c1ccc(Cl)cc1)N/N=C\c1ccc2ccccc2c1. The van der Waals surface area contributed by atoms with Crippen molar-refractivity contribution in [1.29, 1.82) is 0 Å². The van der Waals surface area contributed by atoms with Crippen LogP contribution in [0.3, 0.4) is 0 Å². The van der Waals surface area contributed by atoms with Gasteiger partial charge >= 0.3 is 0 Å². The fourth-order valence-corrected chi connectivity index (χ4v) is 2.50. The Bertz CT molecular complexity index is 968. The fourth-order valence-electron chi connectivity index (χ4n) is 2.37. The zero-order chi connectivity index (χ0) is 18.4. The van der Waals surface area contributed by atoms with Gasteiger partial charge in [-0.05, 0) is 46.7 Å². The van der Waals surface area contributed by atoms with Crippen LogP contribution in [-0.4, -0.2) is 24.6 Å². The highest BCUT2D eigenvalue weighted by atomic mass is 35.5. The van der Waals surface area contributed by atoms with Crippen LogP contribution in [0.15, 0.2) is 71.8 Å². The van der Waals surface area contributed by atoms with Crippen LogP contribution >= 0.6 is 11.6 Å². The summed E-state index contributed by atoms with van der Waals surface area (Å²) in [7, 11) is 0. The van der Waals surface area contributed by atoms with Gasteiger partial charge in [-0.25, -0.2) is 5.43 Å². The molecule has 130 valence electrons. The number of hydrogen-bond donors (Lipinski definition) is 2. The van der Waals surface area contributed by atoms with Crippen LogP contribution in [0.25, 0.3) is 10.8 Å². The molecule has 0 unspecified atom stereocenters. The summed E-state index contributed by atoms with van der Waals surface area (Å²) in [4.78, 5) is 23.7. The molecular weight excluding hydrogens is 350 g/mol. The zero-order valence-electron chi connectivity index (χ0n) is 13.8. The van der Waals surface area contributed by atoms with Crippen LogP contribution < -0.4 is 10.7 Å². The Kier molecular flexibility index (Phi) is 5.61. The van der Waals surface area contributed by atoms with Crippen molar-refractivity contribution in [2.45, 2.75) is 0 Å². The van der Waals surface area contributed by atoms with Crippen LogP contribution in [0.2, 0.25) is 5.02 Å². The molecule has 0 saturated heterocycles. The second kappa shape index (κ2) is 8.27. The molecule has 5 nitrogen and oxygen atoms in total. The molecule has 3 aromatic carbocycles. The highest BCUT2D eigenvalue weighted by Crippen LogP contribution is 2.14. The molecule has 3 aromatic rings. The van der Waals surface area contributed by atoms with E-state index in [2.05, 4.69) is 15.8 Å². The van der Waals surface area contributed by atoms with E-state index in [1.54, 1.807) is 30.5 Å². The van der Waals surface area contributed by atoms with E-state index >= 15 is 0 Å². The number of carbonyl (C=O) groups is 2. The maximum absolute atomic E-state index is 11.9. The lowest BCUT2D eigenvalue weighted by molar-refractivity contribution is -0.120. The van der Waals surface area contributed by atoms with E-state index in [0.717, 1.165) is 16.3 Å². The molecule has 0 aliphatic rings. The highest BCUT2D eigenvalue weighted by Gasteiger charge is 2.07. The maximum atomic E-state index is 11.9. The van der Waals surface area contributed by atoms with Crippen LogP contribution in [0.1, 0.15) is 15.9 Å². The molecule has 0 aliphatic heterocycles. The molecule has 0 radical (unpaired) electrons. The third kappa shape index (κ3) is 4.68. The summed E-state index contributed by atoms with van der Waals surface area (Å²) in [5.41, 5.74) is 3.69. The van der Waals surface area contributed by atoms with E-state index in [1.807, 2.05) is 42.5 Å². The van der Waals surface area contributed by atoms with Gasteiger partial charge in [0.25, 0.3) is 11.8 Å². The molecular formula is C20H16ClN3O2. The highest BCUT2D eigenvalue weighted by molar-refractivity contribution is 6.30. The molecule has 26 heavy (non-hydrogen) atoms. The lowest BCUT2D eigenvalue weighted by atomic mass is 10.1. The fraction of sp³-hybridized carbons (Fsp3) is 0.0500. The lowest BCUT2D eigenvalue weighted by Gasteiger charge is -2.04. The van der Waals surface area contributed by atoms with Crippen LogP contribution in [0, 0.1) is 0 Å². The van der Waals surface area contributed by atoms with Gasteiger partial charge in [0.2, 0.25) is 0 Å². The molecule has 3 rings (SSSR count). The Hall–Kier alpha value is -3.18. The molecule has 2 amide bonds. The molecule has 0 aliphatic carbocycles. The average Bonchev–Trinajstić information content (AvgIpc) is 2.66. The number of fused-ring (bicyclic) bond motifs is 1. The molecule has 2 N–H and O–H groups in total. The number of carbonyl (C=O) groups excluding carboxylic acids is 2. The number of halogens is 1. The van der Waals surface area contributed by atoms with Crippen LogP contribution in [-0.2, 0) is 4.79 Å². The summed E-state index contributed by atoms with van der Waals surface area (Å²) in [5, 5.41) is 9.22.